The van der Waals surface area contributed by atoms with Crippen LogP contribution in [0.5, 0.6) is 0 Å². The molecule has 24 heavy (non-hydrogen) atoms. The second-order valence-corrected chi connectivity index (χ2v) is 5.75. The molecule has 2 aromatic rings. The lowest BCUT2D eigenvalue weighted by Gasteiger charge is -2.16. The number of aryl methyl sites for hydroxylation is 2. The average molecular weight is 329 g/mol. The largest absolute Gasteiger partial charge is 0.466 e. The molecule has 0 fully saturated rings. The highest BCUT2D eigenvalue weighted by molar-refractivity contribution is 5.98. The first kappa shape index (κ1) is 17.6. The van der Waals surface area contributed by atoms with Crippen LogP contribution in [-0.4, -0.2) is 19.0 Å². The van der Waals surface area contributed by atoms with Gasteiger partial charge in [0.1, 0.15) is 11.5 Å². The summed E-state index contributed by atoms with van der Waals surface area (Å²) in [5.74, 6) is 1.41. The molecule has 3 amide bonds. The Bertz CT molecular complexity index is 765. The zero-order valence-corrected chi connectivity index (χ0v) is 14.6. The van der Waals surface area contributed by atoms with Crippen LogP contribution < -0.4 is 16.0 Å². The van der Waals surface area contributed by atoms with Crippen LogP contribution in [-0.2, 0) is 0 Å². The molecule has 3 N–H and O–H groups in total. The number of rotatable bonds is 4. The predicted octanol–water partition coefficient (Wildman–Crippen LogP) is 3.45. The lowest BCUT2D eigenvalue weighted by molar-refractivity contribution is 0.0962. The lowest BCUT2D eigenvalue weighted by Crippen LogP contribution is -2.31. The number of benzene rings is 1. The Kier molecular flexibility index (Phi) is 5.28. The second kappa shape index (κ2) is 7.21. The van der Waals surface area contributed by atoms with E-state index in [2.05, 4.69) is 16.0 Å². The normalized spacial score (nSPS) is 11.7. The summed E-state index contributed by atoms with van der Waals surface area (Å²) in [6.07, 6.45) is 0. The van der Waals surface area contributed by atoms with Gasteiger partial charge in [0.25, 0.3) is 5.91 Å². The molecule has 0 saturated carbocycles. The molecule has 0 saturated heterocycles. The van der Waals surface area contributed by atoms with Crippen molar-refractivity contribution in [3.63, 3.8) is 0 Å². The van der Waals surface area contributed by atoms with Gasteiger partial charge in [-0.05, 0) is 51.5 Å². The predicted molar refractivity (Wildman–Crippen MR) is 93.3 cm³/mol. The van der Waals surface area contributed by atoms with Crippen molar-refractivity contribution < 1.29 is 14.0 Å². The summed E-state index contributed by atoms with van der Waals surface area (Å²) < 4.78 is 5.49. The van der Waals surface area contributed by atoms with E-state index in [4.69, 9.17) is 4.42 Å². The van der Waals surface area contributed by atoms with Gasteiger partial charge < -0.3 is 20.4 Å². The van der Waals surface area contributed by atoms with Crippen molar-refractivity contribution in [2.24, 2.45) is 0 Å². The van der Waals surface area contributed by atoms with Gasteiger partial charge in [-0.25, -0.2) is 4.79 Å². The van der Waals surface area contributed by atoms with Gasteiger partial charge >= 0.3 is 6.03 Å². The van der Waals surface area contributed by atoms with E-state index in [-0.39, 0.29) is 18.0 Å². The monoisotopic (exact) mass is 329 g/mol. The van der Waals surface area contributed by atoms with Crippen molar-refractivity contribution in [3.05, 3.63) is 52.5 Å². The highest BCUT2D eigenvalue weighted by Crippen LogP contribution is 2.22. The third-order valence-electron chi connectivity index (χ3n) is 3.95. The molecule has 0 unspecified atom stereocenters. The first-order valence-electron chi connectivity index (χ1n) is 7.79. The molecule has 0 aliphatic heterocycles. The Morgan fingerprint density at radius 3 is 2.46 bits per heavy atom. The number of hydrogen-bond donors (Lipinski definition) is 3. The minimum atomic E-state index is -0.335. The molecule has 6 nitrogen and oxygen atoms in total. The smallest absolute Gasteiger partial charge is 0.319 e. The maximum Gasteiger partial charge on any atom is 0.319 e. The quantitative estimate of drug-likeness (QED) is 0.803. The number of hydrogen-bond acceptors (Lipinski definition) is 3. The van der Waals surface area contributed by atoms with Crippen LogP contribution >= 0.6 is 0 Å². The minimum absolute atomic E-state index is 0.186. The topological polar surface area (TPSA) is 83.4 Å². The third kappa shape index (κ3) is 3.76. The van der Waals surface area contributed by atoms with Gasteiger partial charge in [-0.1, -0.05) is 6.07 Å². The van der Waals surface area contributed by atoms with E-state index in [0.29, 0.717) is 11.3 Å². The van der Waals surface area contributed by atoms with Crippen molar-refractivity contribution in [1.29, 1.82) is 0 Å². The Hall–Kier alpha value is -2.76. The van der Waals surface area contributed by atoms with Crippen molar-refractivity contribution in [2.45, 2.75) is 33.7 Å². The van der Waals surface area contributed by atoms with E-state index >= 15 is 0 Å². The van der Waals surface area contributed by atoms with Gasteiger partial charge in [0.15, 0.2) is 0 Å². The zero-order valence-electron chi connectivity index (χ0n) is 14.6. The molecule has 0 bridgehead atoms. The fourth-order valence-corrected chi connectivity index (χ4v) is 2.66. The van der Waals surface area contributed by atoms with Crippen LogP contribution in [0.3, 0.4) is 0 Å². The van der Waals surface area contributed by atoms with E-state index in [1.807, 2.05) is 26.8 Å². The van der Waals surface area contributed by atoms with Crippen molar-refractivity contribution in [3.8, 4) is 0 Å². The summed E-state index contributed by atoms with van der Waals surface area (Å²) >= 11 is 0. The van der Waals surface area contributed by atoms with Gasteiger partial charge in [-0.3, -0.25) is 4.79 Å². The van der Waals surface area contributed by atoms with E-state index < -0.39 is 0 Å². The Morgan fingerprint density at radius 1 is 1.17 bits per heavy atom. The molecule has 1 aromatic carbocycles. The van der Waals surface area contributed by atoms with Crippen LogP contribution in [0.4, 0.5) is 10.5 Å². The molecule has 128 valence electrons. The van der Waals surface area contributed by atoms with Gasteiger partial charge in [0, 0.05) is 23.9 Å². The van der Waals surface area contributed by atoms with E-state index in [1.54, 1.807) is 32.2 Å². The standard InChI is InChI=1S/C18H23N3O3/c1-10-9-15(13(4)24-10)12(3)20-18(23)21-16-8-6-7-14(11(16)2)17(22)19-5/h6-9,12H,1-5H3,(H,19,22)(H2,20,21,23)/t12-/m1/s1. The van der Waals surface area contributed by atoms with E-state index in [1.165, 1.54) is 0 Å². The number of nitrogens with one attached hydrogen (secondary N) is 3. The zero-order chi connectivity index (χ0) is 17.9. The number of furan rings is 1. The van der Waals surface area contributed by atoms with Crippen LogP contribution in [0.25, 0.3) is 0 Å². The van der Waals surface area contributed by atoms with Crippen molar-refractivity contribution in [2.75, 3.05) is 12.4 Å². The highest BCUT2D eigenvalue weighted by Gasteiger charge is 2.16. The molecule has 0 aliphatic rings. The van der Waals surface area contributed by atoms with Crippen LogP contribution in [0.15, 0.2) is 28.7 Å². The summed E-state index contributed by atoms with van der Waals surface area (Å²) in [6, 6.07) is 6.61. The summed E-state index contributed by atoms with van der Waals surface area (Å²) in [4.78, 5) is 24.1. The molecule has 1 atom stereocenters. The molecular weight excluding hydrogens is 306 g/mol. The number of anilines is 1. The maximum atomic E-state index is 12.3. The highest BCUT2D eigenvalue weighted by atomic mass is 16.3. The van der Waals surface area contributed by atoms with Crippen LogP contribution in [0.2, 0.25) is 0 Å². The molecule has 1 aromatic heterocycles. The molecule has 0 aliphatic carbocycles. The summed E-state index contributed by atoms with van der Waals surface area (Å²) in [5, 5.41) is 8.26. The molecule has 0 radical (unpaired) electrons. The first-order chi connectivity index (χ1) is 11.3. The van der Waals surface area contributed by atoms with E-state index in [0.717, 1.165) is 22.6 Å². The summed E-state index contributed by atoms with van der Waals surface area (Å²) in [6.45, 7) is 7.43. The molecule has 1 heterocycles. The number of carbonyl (C=O) groups is 2. The fraction of sp³-hybridized carbons (Fsp3) is 0.333. The number of urea groups is 1. The third-order valence-corrected chi connectivity index (χ3v) is 3.95. The molecule has 2 rings (SSSR count). The maximum absolute atomic E-state index is 12.3. The molecular formula is C18H23N3O3. The fourth-order valence-electron chi connectivity index (χ4n) is 2.66. The van der Waals surface area contributed by atoms with Gasteiger partial charge in [0.2, 0.25) is 0 Å². The van der Waals surface area contributed by atoms with Gasteiger partial charge in [0.05, 0.1) is 6.04 Å². The minimum Gasteiger partial charge on any atom is -0.466 e. The Morgan fingerprint density at radius 2 is 1.88 bits per heavy atom. The van der Waals surface area contributed by atoms with Gasteiger partial charge in [-0.15, -0.1) is 0 Å². The summed E-state index contributed by atoms with van der Waals surface area (Å²) in [7, 11) is 1.57. The average Bonchev–Trinajstić information content (AvgIpc) is 2.87. The van der Waals surface area contributed by atoms with Crippen LogP contribution in [0, 0.1) is 20.8 Å². The molecule has 0 spiro atoms. The van der Waals surface area contributed by atoms with Crippen molar-refractivity contribution in [1.82, 2.24) is 10.6 Å². The number of amides is 3. The molecule has 6 heteroatoms. The van der Waals surface area contributed by atoms with Crippen LogP contribution in [0.1, 0.15) is 46.0 Å². The number of carbonyl (C=O) groups excluding carboxylic acids is 2. The van der Waals surface area contributed by atoms with Crippen molar-refractivity contribution >= 4 is 17.6 Å². The second-order valence-electron chi connectivity index (χ2n) is 5.75. The first-order valence-corrected chi connectivity index (χ1v) is 7.79. The lowest BCUT2D eigenvalue weighted by atomic mass is 10.1. The van der Waals surface area contributed by atoms with E-state index in [9.17, 15) is 9.59 Å². The summed E-state index contributed by atoms with van der Waals surface area (Å²) in [5.41, 5.74) is 2.79. The Balaban J connectivity index is 2.10. The van der Waals surface area contributed by atoms with Gasteiger partial charge in [-0.2, -0.15) is 0 Å². The SMILES string of the molecule is CNC(=O)c1cccc(NC(=O)N[C@H](C)c2cc(C)oc2C)c1C. The Labute approximate surface area is 141 Å².